The Hall–Kier alpha value is -0.870. The molecule has 84 valence electrons. The van der Waals surface area contributed by atoms with Crippen molar-refractivity contribution in [3.63, 3.8) is 0 Å². The minimum absolute atomic E-state index is 0.409. The summed E-state index contributed by atoms with van der Waals surface area (Å²) >= 11 is 5.82. The van der Waals surface area contributed by atoms with Crippen molar-refractivity contribution >= 4 is 17.4 Å². The van der Waals surface area contributed by atoms with E-state index < -0.39 is 0 Å². The van der Waals surface area contributed by atoms with Crippen molar-refractivity contribution in [2.75, 3.05) is 25.1 Å². The Kier molecular flexibility index (Phi) is 6.04. The van der Waals surface area contributed by atoms with Crippen LogP contribution in [0.5, 0.6) is 0 Å². The van der Waals surface area contributed by atoms with Gasteiger partial charge < -0.3 is 10.1 Å². The zero-order valence-electron chi connectivity index (χ0n) is 8.87. The summed E-state index contributed by atoms with van der Waals surface area (Å²) in [5, 5.41) is 3.51. The molecule has 1 aromatic heterocycles. The quantitative estimate of drug-likeness (QED) is 0.730. The number of halogens is 1. The van der Waals surface area contributed by atoms with Crippen LogP contribution in [0.25, 0.3) is 0 Å². The molecule has 1 N–H and O–H groups in total. The first-order valence-electron chi connectivity index (χ1n) is 5.12. The highest BCUT2D eigenvalue weighted by Crippen LogP contribution is 2.13. The summed E-state index contributed by atoms with van der Waals surface area (Å²) in [6, 6.07) is 0. The molecule has 0 radical (unpaired) electrons. The normalized spacial score (nSPS) is 10.3. The van der Waals surface area contributed by atoms with Crippen LogP contribution in [-0.2, 0) is 4.74 Å². The Bertz CT molecular complexity index is 283. The average molecular weight is 230 g/mol. The number of rotatable bonds is 7. The lowest BCUT2D eigenvalue weighted by Crippen LogP contribution is -2.07. The summed E-state index contributed by atoms with van der Waals surface area (Å²) in [5.41, 5.74) is 0. The average Bonchev–Trinajstić information content (AvgIpc) is 2.25. The third kappa shape index (κ3) is 4.95. The molecule has 0 spiro atoms. The molecule has 0 amide bonds. The summed E-state index contributed by atoms with van der Waals surface area (Å²) in [4.78, 5) is 7.98. The monoisotopic (exact) mass is 229 g/mol. The summed E-state index contributed by atoms with van der Waals surface area (Å²) in [6.45, 7) is 4.48. The van der Waals surface area contributed by atoms with Crippen LogP contribution in [0.2, 0.25) is 5.15 Å². The second-order valence-electron chi connectivity index (χ2n) is 3.09. The summed E-state index contributed by atoms with van der Waals surface area (Å²) in [7, 11) is 0. The number of hydrogen-bond acceptors (Lipinski definition) is 4. The molecule has 0 fully saturated rings. The molecule has 0 aliphatic carbocycles. The van der Waals surface area contributed by atoms with Crippen LogP contribution in [0.3, 0.4) is 0 Å². The fraction of sp³-hybridized carbons (Fsp3) is 0.600. The van der Waals surface area contributed by atoms with E-state index in [-0.39, 0.29) is 0 Å². The molecule has 0 aliphatic rings. The SMILES string of the molecule is CCCOCCCNc1nccnc1Cl. The molecule has 0 unspecified atom stereocenters. The van der Waals surface area contributed by atoms with Gasteiger partial charge in [0.2, 0.25) is 0 Å². The van der Waals surface area contributed by atoms with E-state index >= 15 is 0 Å². The van der Waals surface area contributed by atoms with Gasteiger partial charge in [-0.2, -0.15) is 0 Å². The lowest BCUT2D eigenvalue weighted by molar-refractivity contribution is 0.134. The van der Waals surface area contributed by atoms with Gasteiger partial charge in [0.15, 0.2) is 11.0 Å². The van der Waals surface area contributed by atoms with Gasteiger partial charge in [0.05, 0.1) is 0 Å². The van der Waals surface area contributed by atoms with Gasteiger partial charge in [0.1, 0.15) is 0 Å². The maximum absolute atomic E-state index is 5.82. The van der Waals surface area contributed by atoms with Crippen LogP contribution in [0.15, 0.2) is 12.4 Å². The topological polar surface area (TPSA) is 47.0 Å². The number of ether oxygens (including phenoxy) is 1. The smallest absolute Gasteiger partial charge is 0.171 e. The lowest BCUT2D eigenvalue weighted by atomic mass is 10.4. The van der Waals surface area contributed by atoms with Crippen LogP contribution in [-0.4, -0.2) is 29.7 Å². The lowest BCUT2D eigenvalue weighted by Gasteiger charge is -2.06. The zero-order chi connectivity index (χ0) is 10.9. The summed E-state index contributed by atoms with van der Waals surface area (Å²) in [5.74, 6) is 0.634. The highest BCUT2D eigenvalue weighted by molar-refractivity contribution is 6.31. The van der Waals surface area contributed by atoms with Crippen LogP contribution in [0, 0.1) is 0 Å². The molecule has 0 aliphatic heterocycles. The van der Waals surface area contributed by atoms with E-state index in [1.165, 1.54) is 0 Å². The standard InChI is InChI=1S/C10H16ClN3O/c1-2-7-15-8-3-4-13-10-9(11)12-5-6-14-10/h5-6H,2-4,7-8H2,1H3,(H,13,14). The molecule has 0 saturated heterocycles. The summed E-state index contributed by atoms with van der Waals surface area (Å²) < 4.78 is 5.34. The van der Waals surface area contributed by atoms with Crippen LogP contribution in [0.1, 0.15) is 19.8 Å². The van der Waals surface area contributed by atoms with E-state index in [1.54, 1.807) is 12.4 Å². The van der Waals surface area contributed by atoms with Crippen LogP contribution >= 0.6 is 11.6 Å². The Balaban J connectivity index is 2.12. The molecule has 0 aromatic carbocycles. The largest absolute Gasteiger partial charge is 0.381 e. The predicted molar refractivity (Wildman–Crippen MR) is 61.3 cm³/mol. The molecule has 1 heterocycles. The molecular formula is C10H16ClN3O. The van der Waals surface area contributed by atoms with E-state index in [0.29, 0.717) is 11.0 Å². The van der Waals surface area contributed by atoms with Gasteiger partial charge in [-0.3, -0.25) is 0 Å². The fourth-order valence-electron chi connectivity index (χ4n) is 1.07. The predicted octanol–water partition coefficient (Wildman–Crippen LogP) is 2.36. The van der Waals surface area contributed by atoms with E-state index in [4.69, 9.17) is 16.3 Å². The third-order valence-corrected chi connectivity index (χ3v) is 2.04. The Labute approximate surface area is 95.0 Å². The number of aromatic nitrogens is 2. The Morgan fingerprint density at radius 3 is 2.87 bits per heavy atom. The van der Waals surface area contributed by atoms with Gasteiger partial charge >= 0.3 is 0 Å². The first kappa shape index (κ1) is 12.2. The molecule has 0 bridgehead atoms. The Morgan fingerprint density at radius 2 is 2.13 bits per heavy atom. The van der Waals surface area contributed by atoms with Gasteiger partial charge in [0.25, 0.3) is 0 Å². The first-order chi connectivity index (χ1) is 7.34. The van der Waals surface area contributed by atoms with Gasteiger partial charge in [-0.25, -0.2) is 9.97 Å². The molecule has 5 heteroatoms. The van der Waals surface area contributed by atoms with Gasteiger partial charge in [0, 0.05) is 32.2 Å². The molecule has 0 atom stereocenters. The van der Waals surface area contributed by atoms with Crippen molar-refractivity contribution in [3.8, 4) is 0 Å². The molecule has 1 rings (SSSR count). The first-order valence-corrected chi connectivity index (χ1v) is 5.50. The molecule has 0 saturated carbocycles. The number of nitrogens with zero attached hydrogens (tertiary/aromatic N) is 2. The molecule has 15 heavy (non-hydrogen) atoms. The highest BCUT2D eigenvalue weighted by atomic mass is 35.5. The van der Waals surface area contributed by atoms with Crippen molar-refractivity contribution < 1.29 is 4.74 Å². The second kappa shape index (κ2) is 7.43. The fourth-order valence-corrected chi connectivity index (χ4v) is 1.24. The van der Waals surface area contributed by atoms with E-state index in [9.17, 15) is 0 Å². The maximum Gasteiger partial charge on any atom is 0.171 e. The number of anilines is 1. The van der Waals surface area contributed by atoms with Gasteiger partial charge in [-0.1, -0.05) is 18.5 Å². The van der Waals surface area contributed by atoms with E-state index in [2.05, 4.69) is 22.2 Å². The zero-order valence-corrected chi connectivity index (χ0v) is 9.63. The number of hydrogen-bond donors (Lipinski definition) is 1. The molecule has 4 nitrogen and oxygen atoms in total. The van der Waals surface area contributed by atoms with Crippen molar-refractivity contribution in [3.05, 3.63) is 17.5 Å². The molecular weight excluding hydrogens is 214 g/mol. The minimum Gasteiger partial charge on any atom is -0.381 e. The van der Waals surface area contributed by atoms with E-state index in [1.807, 2.05) is 0 Å². The van der Waals surface area contributed by atoms with Crippen molar-refractivity contribution in [2.45, 2.75) is 19.8 Å². The van der Waals surface area contributed by atoms with E-state index in [0.717, 1.165) is 32.6 Å². The van der Waals surface area contributed by atoms with Crippen molar-refractivity contribution in [1.82, 2.24) is 9.97 Å². The minimum atomic E-state index is 0.409. The van der Waals surface area contributed by atoms with Crippen molar-refractivity contribution in [1.29, 1.82) is 0 Å². The van der Waals surface area contributed by atoms with Crippen LogP contribution in [0.4, 0.5) is 5.82 Å². The van der Waals surface area contributed by atoms with Gasteiger partial charge in [-0.15, -0.1) is 0 Å². The summed E-state index contributed by atoms with van der Waals surface area (Å²) in [6.07, 6.45) is 5.18. The highest BCUT2D eigenvalue weighted by Gasteiger charge is 1.99. The van der Waals surface area contributed by atoms with Crippen LogP contribution < -0.4 is 5.32 Å². The third-order valence-electron chi connectivity index (χ3n) is 1.76. The van der Waals surface area contributed by atoms with Crippen molar-refractivity contribution in [2.24, 2.45) is 0 Å². The second-order valence-corrected chi connectivity index (χ2v) is 3.45. The Morgan fingerprint density at radius 1 is 1.33 bits per heavy atom. The number of nitrogens with one attached hydrogen (secondary N) is 1. The molecule has 1 aromatic rings. The van der Waals surface area contributed by atoms with Gasteiger partial charge in [-0.05, 0) is 12.8 Å². The maximum atomic E-state index is 5.82.